The highest BCUT2D eigenvalue weighted by Crippen LogP contribution is 2.45. The largest absolute Gasteiger partial charge is 0.472 e. The summed E-state index contributed by atoms with van der Waals surface area (Å²) in [5.41, 5.74) is 0. The lowest BCUT2D eigenvalue weighted by Crippen LogP contribution is -2.30. The van der Waals surface area contributed by atoms with Gasteiger partial charge in [-0.25, -0.2) is 9.13 Å². The van der Waals surface area contributed by atoms with Crippen molar-refractivity contribution in [3.05, 3.63) is 109 Å². The normalized spacial score (nSPS) is 14.3. The van der Waals surface area contributed by atoms with Crippen molar-refractivity contribution in [3.8, 4) is 0 Å². The minimum atomic E-state index is -4.93. The van der Waals surface area contributed by atoms with E-state index in [9.17, 15) is 43.5 Å². The molecule has 0 radical (unpaired) electrons. The number of aliphatic hydroxyl groups is 2. The van der Waals surface area contributed by atoms with Crippen LogP contribution in [0.1, 0.15) is 432 Å². The molecule has 0 heterocycles. The second-order valence-corrected chi connectivity index (χ2v) is 34.7. The maximum absolute atomic E-state index is 13.0. The summed E-state index contributed by atoms with van der Waals surface area (Å²) in [5.74, 6) is -1.55. The highest BCUT2D eigenvalue weighted by Gasteiger charge is 2.30. The predicted octanol–water partition coefficient (Wildman–Crippen LogP) is 29.0. The third-order valence-corrected chi connectivity index (χ3v) is 22.4. The van der Waals surface area contributed by atoms with Gasteiger partial charge in [-0.3, -0.25) is 32.5 Å². The van der Waals surface area contributed by atoms with Crippen molar-refractivity contribution in [2.75, 3.05) is 39.6 Å². The Morgan fingerprint density at radius 1 is 0.252 bits per heavy atom. The zero-order valence-corrected chi connectivity index (χ0v) is 75.5. The van der Waals surface area contributed by atoms with E-state index in [1.165, 1.54) is 250 Å². The van der Waals surface area contributed by atoms with Crippen LogP contribution in [0.15, 0.2) is 109 Å². The Balaban J connectivity index is 4.40. The minimum Gasteiger partial charge on any atom is -0.463 e. The second kappa shape index (κ2) is 89.5. The number of esters is 3. The van der Waals surface area contributed by atoms with Crippen LogP contribution in [0.2, 0.25) is 0 Å². The quantitative estimate of drug-likeness (QED) is 0.0146. The number of phosphoric acid groups is 2. The number of carbonyl (C=O) groups is 3. The molecule has 0 aromatic rings. The maximum Gasteiger partial charge on any atom is 0.472 e. The van der Waals surface area contributed by atoms with Crippen LogP contribution >= 0.6 is 15.6 Å². The van der Waals surface area contributed by atoms with Crippen molar-refractivity contribution in [3.63, 3.8) is 0 Å². The van der Waals surface area contributed by atoms with Crippen molar-refractivity contribution in [1.82, 2.24) is 0 Å². The van der Waals surface area contributed by atoms with Crippen LogP contribution in [-0.4, -0.2) is 95.9 Å². The molecule has 0 saturated heterocycles. The van der Waals surface area contributed by atoms with Gasteiger partial charge >= 0.3 is 33.6 Å². The molecule has 0 rings (SSSR count). The van der Waals surface area contributed by atoms with Gasteiger partial charge in [-0.2, -0.15) is 0 Å². The number of hydrogen-bond acceptors (Lipinski definition) is 14. The number of rotatable bonds is 90. The Hall–Kier alpha value is -3.79. The molecule has 0 aliphatic carbocycles. The SMILES string of the molecule is CC/C=C\C/C=C\C/C=C\C/C=C\C/C=C\CCCCCCCCCCCCCCCCCCCCCC(=O)OCC(O)COP(=O)(O)OCC(O)COP(=O)(O)OCC(COC(=O)CCCCCCCCCCCCCCC/C=C\C/C=C\C/C=C\C/C=C\CCCCC)OC(=O)CCCCCCCCCCCCCCCCC. The third kappa shape index (κ3) is 90.8. The lowest BCUT2D eigenvalue weighted by molar-refractivity contribution is -0.161. The van der Waals surface area contributed by atoms with Gasteiger partial charge in [0.25, 0.3) is 0 Å². The topological polar surface area (TPSA) is 231 Å². The van der Waals surface area contributed by atoms with E-state index in [2.05, 4.69) is 130 Å². The molecule has 0 bridgehead atoms. The van der Waals surface area contributed by atoms with Crippen molar-refractivity contribution in [2.24, 2.45) is 0 Å². The standard InChI is InChI=1S/C97H174O16P2/c1-4-7-10-13-16-19-22-25-28-30-32-34-36-38-40-42-43-44-45-46-47-49-51-52-54-56-58-60-63-65-68-71-74-77-80-83-95(100)107-86-92(98)87-109-114(103,104)110-88-93(99)89-111-115(105,106)112-91-94(113-97(102)85-82-79-76-73-70-67-62-27-24-21-18-15-12-9-6-3)90-108-96(101)84-81-78-75-72-69-66-64-61-59-57-55-53-50-48-41-39-37-35-33-31-29-26-23-20-17-14-11-8-5-2/h7,10,16-17,19-20,25-26,28-29,32-35,38-41,92-94,98-99H,4-6,8-9,11-15,18,21-24,27,30-31,36-37,42-91H2,1-3H3,(H,103,104)(H,105,106)/b10-7-,19-16-,20-17-,28-25-,29-26-,34-32-,35-33-,40-38-,41-39-. The summed E-state index contributed by atoms with van der Waals surface area (Å²) in [7, 11) is -9.79. The number of phosphoric ester groups is 2. The maximum atomic E-state index is 13.0. The number of ether oxygens (including phenoxy) is 3. The average Bonchev–Trinajstić information content (AvgIpc) is 0.902. The number of unbranched alkanes of at least 4 members (excludes halogenated alkanes) is 49. The van der Waals surface area contributed by atoms with Crippen LogP contribution in [-0.2, 0) is 55.8 Å². The summed E-state index contributed by atoms with van der Waals surface area (Å²) < 4.78 is 61.5. The molecule has 0 spiro atoms. The summed E-state index contributed by atoms with van der Waals surface area (Å²) in [6.45, 7) is 2.63. The highest BCUT2D eigenvalue weighted by molar-refractivity contribution is 7.47. The first-order chi connectivity index (χ1) is 56.2. The Morgan fingerprint density at radius 3 is 0.748 bits per heavy atom. The van der Waals surface area contributed by atoms with Crippen molar-refractivity contribution >= 4 is 33.6 Å². The fourth-order valence-electron chi connectivity index (χ4n) is 13.4. The number of aliphatic hydroxyl groups excluding tert-OH is 2. The summed E-state index contributed by atoms with van der Waals surface area (Å²) in [6.07, 6.45) is 109. The predicted molar refractivity (Wildman–Crippen MR) is 482 cm³/mol. The molecule has 18 heteroatoms. The van der Waals surface area contributed by atoms with Gasteiger partial charge in [0.05, 0.1) is 26.4 Å². The van der Waals surface area contributed by atoms with Gasteiger partial charge in [-0.05, 0) is 109 Å². The van der Waals surface area contributed by atoms with Crippen LogP contribution in [0.5, 0.6) is 0 Å². The van der Waals surface area contributed by atoms with E-state index in [1.54, 1.807) is 0 Å². The molecule has 0 aliphatic rings. The second-order valence-electron chi connectivity index (χ2n) is 31.8. The zero-order valence-electron chi connectivity index (χ0n) is 73.7. The summed E-state index contributed by atoms with van der Waals surface area (Å²) in [5, 5.41) is 20.7. The van der Waals surface area contributed by atoms with Crippen LogP contribution in [0.3, 0.4) is 0 Å². The van der Waals surface area contributed by atoms with Crippen LogP contribution in [0, 0.1) is 0 Å². The molecule has 16 nitrogen and oxygen atoms in total. The number of allylic oxidation sites excluding steroid dienone is 18. The van der Waals surface area contributed by atoms with E-state index in [4.69, 9.17) is 32.3 Å². The fourth-order valence-corrected chi connectivity index (χ4v) is 14.9. The third-order valence-electron chi connectivity index (χ3n) is 20.5. The van der Waals surface area contributed by atoms with E-state index in [1.807, 2.05) is 0 Å². The summed E-state index contributed by atoms with van der Waals surface area (Å²) >= 11 is 0. The molecule has 115 heavy (non-hydrogen) atoms. The molecule has 5 unspecified atom stereocenters. The Bertz CT molecular complexity index is 2520. The average molecular weight is 1660 g/mol. The zero-order chi connectivity index (χ0) is 83.6. The van der Waals surface area contributed by atoms with Crippen LogP contribution in [0.4, 0.5) is 0 Å². The molecular weight excluding hydrogens is 1480 g/mol. The van der Waals surface area contributed by atoms with E-state index in [0.29, 0.717) is 19.3 Å². The van der Waals surface area contributed by atoms with Gasteiger partial charge in [0, 0.05) is 19.3 Å². The number of hydrogen-bond donors (Lipinski definition) is 4. The molecule has 0 aromatic carbocycles. The first kappa shape index (κ1) is 111. The Morgan fingerprint density at radius 2 is 0.461 bits per heavy atom. The molecule has 0 fully saturated rings. The minimum absolute atomic E-state index is 0.110. The van der Waals surface area contributed by atoms with Gasteiger partial charge in [0.15, 0.2) is 6.10 Å². The van der Waals surface area contributed by atoms with Crippen molar-refractivity contribution in [1.29, 1.82) is 0 Å². The summed E-state index contributed by atoms with van der Waals surface area (Å²) in [4.78, 5) is 58.9. The van der Waals surface area contributed by atoms with Gasteiger partial charge in [-0.15, -0.1) is 0 Å². The number of carbonyl (C=O) groups excluding carboxylic acids is 3. The molecule has 4 N–H and O–H groups in total. The van der Waals surface area contributed by atoms with Crippen molar-refractivity contribution in [2.45, 2.75) is 450 Å². The Labute approximate surface area is 704 Å². The molecule has 0 amide bonds. The fraction of sp³-hybridized carbons (Fsp3) is 0.784. The van der Waals surface area contributed by atoms with Crippen molar-refractivity contribution < 1.29 is 75.8 Å². The molecular formula is C97H174O16P2. The molecule has 0 saturated carbocycles. The Kier molecular flexibility index (Phi) is 86.5. The molecule has 0 aromatic heterocycles. The van der Waals surface area contributed by atoms with Crippen LogP contribution in [0.25, 0.3) is 0 Å². The van der Waals surface area contributed by atoms with Gasteiger partial charge < -0.3 is 34.2 Å². The van der Waals surface area contributed by atoms with Crippen LogP contribution < -0.4 is 0 Å². The molecule has 668 valence electrons. The summed E-state index contributed by atoms with van der Waals surface area (Å²) in [6, 6.07) is 0. The molecule has 5 atom stereocenters. The van der Waals surface area contributed by atoms with E-state index in [-0.39, 0.29) is 19.3 Å². The smallest absolute Gasteiger partial charge is 0.463 e. The van der Waals surface area contributed by atoms with E-state index in [0.717, 1.165) is 122 Å². The monoisotopic (exact) mass is 1660 g/mol. The van der Waals surface area contributed by atoms with E-state index >= 15 is 0 Å². The van der Waals surface area contributed by atoms with Gasteiger partial charge in [0.2, 0.25) is 0 Å². The molecule has 0 aliphatic heterocycles. The first-order valence-electron chi connectivity index (χ1n) is 47.2. The highest BCUT2D eigenvalue weighted by atomic mass is 31.2. The van der Waals surface area contributed by atoms with Gasteiger partial charge in [-0.1, -0.05) is 413 Å². The first-order valence-corrected chi connectivity index (χ1v) is 50.2. The lowest BCUT2D eigenvalue weighted by Gasteiger charge is -2.21. The van der Waals surface area contributed by atoms with Gasteiger partial charge in [0.1, 0.15) is 25.4 Å². The lowest BCUT2D eigenvalue weighted by atomic mass is 10.0. The van der Waals surface area contributed by atoms with E-state index < -0.39 is 91.5 Å².